The molecular weight excluding hydrogens is 339 g/mol. The van der Waals surface area contributed by atoms with E-state index in [1.807, 2.05) is 6.07 Å². The number of aromatic nitrogens is 2. The minimum atomic E-state index is -0.231. The number of likely N-dealkylation sites (tertiary alicyclic amines) is 1. The van der Waals surface area contributed by atoms with Gasteiger partial charge in [-0.1, -0.05) is 6.92 Å². The summed E-state index contributed by atoms with van der Waals surface area (Å²) in [5.41, 5.74) is 1.68. The minimum Gasteiger partial charge on any atom is -0.355 e. The Kier molecular flexibility index (Phi) is 5.67. The van der Waals surface area contributed by atoms with E-state index in [-0.39, 0.29) is 5.82 Å². The zero-order chi connectivity index (χ0) is 18.6. The number of rotatable bonds is 4. The number of hydrogen-bond acceptors (Lipinski definition) is 4. The number of piperidine rings is 2. The molecule has 1 aromatic carbocycles. The van der Waals surface area contributed by atoms with Gasteiger partial charge in [0.05, 0.1) is 5.69 Å². The van der Waals surface area contributed by atoms with Crippen LogP contribution >= 0.6 is 0 Å². The Morgan fingerprint density at radius 1 is 0.963 bits per heavy atom. The molecule has 0 N–H and O–H groups in total. The summed E-state index contributed by atoms with van der Waals surface area (Å²) < 4.78 is 13.1. The summed E-state index contributed by atoms with van der Waals surface area (Å²) in [5.74, 6) is 2.33. The van der Waals surface area contributed by atoms with Gasteiger partial charge in [0.25, 0.3) is 0 Å². The van der Waals surface area contributed by atoms with E-state index in [9.17, 15) is 4.39 Å². The lowest BCUT2D eigenvalue weighted by Crippen LogP contribution is -2.43. The first kappa shape index (κ1) is 18.4. The Labute approximate surface area is 161 Å². The van der Waals surface area contributed by atoms with Crippen molar-refractivity contribution in [2.75, 3.05) is 37.6 Å². The number of nitrogens with zero attached hydrogens (tertiary/aromatic N) is 4. The zero-order valence-electron chi connectivity index (χ0n) is 16.1. The zero-order valence-corrected chi connectivity index (χ0v) is 16.1. The number of anilines is 1. The first-order valence-corrected chi connectivity index (χ1v) is 10.2. The molecule has 1 aromatic heterocycles. The van der Waals surface area contributed by atoms with Crippen molar-refractivity contribution in [1.82, 2.24) is 15.1 Å². The molecule has 0 spiro atoms. The van der Waals surface area contributed by atoms with Crippen LogP contribution in [0.1, 0.15) is 32.6 Å². The molecule has 144 valence electrons. The van der Waals surface area contributed by atoms with E-state index in [1.54, 1.807) is 12.1 Å². The van der Waals surface area contributed by atoms with Crippen LogP contribution in [0.5, 0.6) is 0 Å². The Morgan fingerprint density at radius 2 is 1.74 bits per heavy atom. The Balaban J connectivity index is 1.37. The van der Waals surface area contributed by atoms with Crippen LogP contribution in [0.2, 0.25) is 0 Å². The molecule has 0 bridgehead atoms. The third-order valence-corrected chi connectivity index (χ3v) is 6.03. The van der Waals surface area contributed by atoms with E-state index in [0.29, 0.717) is 5.92 Å². The number of halogens is 1. The first-order valence-electron chi connectivity index (χ1n) is 10.2. The highest BCUT2D eigenvalue weighted by atomic mass is 19.1. The standard InChI is InChI=1S/C22H29FN4/c1-17-10-13-26(14-11-17)15-18-3-2-12-27(16-18)22-9-8-21(24-25-22)19-4-6-20(23)7-5-19/h4-9,17-18H,2-3,10-16H2,1H3. The Morgan fingerprint density at radius 3 is 2.44 bits per heavy atom. The van der Waals surface area contributed by atoms with Crippen molar-refractivity contribution in [3.05, 3.63) is 42.2 Å². The van der Waals surface area contributed by atoms with Crippen LogP contribution in [-0.4, -0.2) is 47.8 Å². The van der Waals surface area contributed by atoms with Crippen molar-refractivity contribution < 1.29 is 4.39 Å². The quantitative estimate of drug-likeness (QED) is 0.808. The van der Waals surface area contributed by atoms with Gasteiger partial charge in [-0.05, 0) is 87.0 Å². The monoisotopic (exact) mass is 368 g/mol. The van der Waals surface area contributed by atoms with Gasteiger partial charge in [-0.25, -0.2) is 4.39 Å². The van der Waals surface area contributed by atoms with Crippen LogP contribution in [0.3, 0.4) is 0 Å². The van der Waals surface area contributed by atoms with Crippen LogP contribution in [0.4, 0.5) is 10.2 Å². The van der Waals surface area contributed by atoms with E-state index >= 15 is 0 Å². The van der Waals surface area contributed by atoms with Gasteiger partial charge in [0, 0.05) is 25.2 Å². The highest BCUT2D eigenvalue weighted by Crippen LogP contribution is 2.25. The number of benzene rings is 1. The van der Waals surface area contributed by atoms with Crippen LogP contribution in [-0.2, 0) is 0 Å². The molecule has 4 nitrogen and oxygen atoms in total. The van der Waals surface area contributed by atoms with Crippen molar-refractivity contribution in [2.45, 2.75) is 32.6 Å². The lowest BCUT2D eigenvalue weighted by Gasteiger charge is -2.38. The first-order chi connectivity index (χ1) is 13.2. The molecule has 1 atom stereocenters. The molecular formula is C22H29FN4. The van der Waals surface area contributed by atoms with Gasteiger partial charge in [0.15, 0.2) is 5.82 Å². The second-order valence-corrected chi connectivity index (χ2v) is 8.22. The lowest BCUT2D eigenvalue weighted by atomic mass is 9.94. The SMILES string of the molecule is CC1CCN(CC2CCCN(c3ccc(-c4ccc(F)cc4)nn3)C2)CC1. The third-order valence-electron chi connectivity index (χ3n) is 6.03. The van der Waals surface area contributed by atoms with Gasteiger partial charge in [0.2, 0.25) is 0 Å². The normalized spacial score (nSPS) is 22.1. The Hall–Kier alpha value is -2.01. The van der Waals surface area contributed by atoms with Gasteiger partial charge in [-0.3, -0.25) is 0 Å². The molecule has 0 saturated carbocycles. The smallest absolute Gasteiger partial charge is 0.151 e. The molecule has 5 heteroatoms. The summed E-state index contributed by atoms with van der Waals surface area (Å²) in [6.45, 7) is 8.21. The fourth-order valence-electron chi connectivity index (χ4n) is 4.30. The third kappa shape index (κ3) is 4.64. The summed E-state index contributed by atoms with van der Waals surface area (Å²) in [7, 11) is 0. The minimum absolute atomic E-state index is 0.231. The predicted molar refractivity (Wildman–Crippen MR) is 107 cm³/mol. The summed E-state index contributed by atoms with van der Waals surface area (Å²) in [6, 6.07) is 10.5. The maximum Gasteiger partial charge on any atom is 0.151 e. The molecule has 2 aromatic rings. The maximum absolute atomic E-state index is 13.1. The van der Waals surface area contributed by atoms with Crippen molar-refractivity contribution in [2.24, 2.45) is 11.8 Å². The average Bonchev–Trinajstić information content (AvgIpc) is 2.71. The summed E-state index contributed by atoms with van der Waals surface area (Å²) in [5, 5.41) is 8.84. The van der Waals surface area contributed by atoms with Gasteiger partial charge < -0.3 is 9.80 Å². The van der Waals surface area contributed by atoms with Crippen LogP contribution in [0.25, 0.3) is 11.3 Å². The molecule has 0 radical (unpaired) electrons. The van der Waals surface area contributed by atoms with E-state index in [1.165, 1.54) is 57.5 Å². The molecule has 2 aliphatic heterocycles. The highest BCUT2D eigenvalue weighted by molar-refractivity contribution is 5.59. The molecule has 0 amide bonds. The summed E-state index contributed by atoms with van der Waals surface area (Å²) in [4.78, 5) is 5.03. The molecule has 3 heterocycles. The van der Waals surface area contributed by atoms with Gasteiger partial charge >= 0.3 is 0 Å². The molecule has 27 heavy (non-hydrogen) atoms. The van der Waals surface area contributed by atoms with Crippen LogP contribution in [0.15, 0.2) is 36.4 Å². The second kappa shape index (κ2) is 8.34. The van der Waals surface area contributed by atoms with Crippen LogP contribution < -0.4 is 4.90 Å². The van der Waals surface area contributed by atoms with E-state index < -0.39 is 0 Å². The maximum atomic E-state index is 13.1. The van der Waals surface area contributed by atoms with E-state index in [2.05, 4.69) is 33.0 Å². The fraction of sp³-hybridized carbons (Fsp3) is 0.545. The van der Waals surface area contributed by atoms with Crippen molar-refractivity contribution in [3.8, 4) is 11.3 Å². The van der Waals surface area contributed by atoms with E-state index in [4.69, 9.17) is 0 Å². The second-order valence-electron chi connectivity index (χ2n) is 8.22. The lowest BCUT2D eigenvalue weighted by molar-refractivity contribution is 0.159. The fourth-order valence-corrected chi connectivity index (χ4v) is 4.30. The van der Waals surface area contributed by atoms with Gasteiger partial charge in [-0.2, -0.15) is 0 Å². The van der Waals surface area contributed by atoms with Crippen LogP contribution in [0, 0.1) is 17.7 Å². The Bertz CT molecular complexity index is 723. The summed E-state index contributed by atoms with van der Waals surface area (Å²) >= 11 is 0. The molecule has 1 unspecified atom stereocenters. The van der Waals surface area contributed by atoms with Gasteiger partial charge in [0.1, 0.15) is 5.82 Å². The molecule has 2 fully saturated rings. The number of hydrogen-bond donors (Lipinski definition) is 0. The highest BCUT2D eigenvalue weighted by Gasteiger charge is 2.25. The van der Waals surface area contributed by atoms with Crippen molar-refractivity contribution in [1.29, 1.82) is 0 Å². The average molecular weight is 369 g/mol. The topological polar surface area (TPSA) is 32.3 Å². The van der Waals surface area contributed by atoms with E-state index in [0.717, 1.165) is 36.1 Å². The largest absolute Gasteiger partial charge is 0.355 e. The van der Waals surface area contributed by atoms with Crippen molar-refractivity contribution in [3.63, 3.8) is 0 Å². The summed E-state index contributed by atoms with van der Waals surface area (Å²) in [6.07, 6.45) is 5.21. The molecule has 0 aliphatic carbocycles. The van der Waals surface area contributed by atoms with Crippen molar-refractivity contribution >= 4 is 5.82 Å². The molecule has 4 rings (SSSR count). The molecule has 2 saturated heterocycles. The van der Waals surface area contributed by atoms with Gasteiger partial charge in [-0.15, -0.1) is 10.2 Å². The predicted octanol–water partition coefficient (Wildman–Crippen LogP) is 4.23. The molecule has 2 aliphatic rings.